The Kier molecular flexibility index (Phi) is 11.5. The van der Waals surface area contributed by atoms with E-state index in [0.717, 1.165) is 43.2 Å². The summed E-state index contributed by atoms with van der Waals surface area (Å²) in [6.07, 6.45) is 7.91. The second-order valence-electron chi connectivity index (χ2n) is 13.1. The van der Waals surface area contributed by atoms with Crippen molar-refractivity contribution >= 4 is 12.1 Å². The van der Waals surface area contributed by atoms with Crippen LogP contribution < -0.4 is 5.32 Å². The number of allylic oxidation sites excluding steroid dienone is 1. The molecule has 4 unspecified atom stereocenters. The van der Waals surface area contributed by atoms with Gasteiger partial charge in [-0.15, -0.1) is 0 Å². The standard InChI is InChI=1S/C35H51NO7/c1-24(21-42-32(38)13-9-6-10-18-36-33(39)43-22-26-11-7-5-8-12-26)27-14-16-34(3)20-30-28(15-17-35(30,40)23-41-4)25(2)31(37)19-29(27)34/h5,7-8,11-12,20,24-25,28,31,37,40H,6,9-10,13-19,21-23H2,1-4H3,(H,36,39)/b30-20+/t24?,25?,28?,31-,34?,35-/m0/s1. The molecule has 238 valence electrons. The molecule has 3 N–H and O–H groups in total. The number of rotatable bonds is 13. The molecule has 0 spiro atoms. The maximum absolute atomic E-state index is 12.5. The second-order valence-corrected chi connectivity index (χ2v) is 13.1. The molecule has 4 rings (SSSR count). The number of hydrogen-bond acceptors (Lipinski definition) is 7. The van der Waals surface area contributed by atoms with E-state index in [1.165, 1.54) is 11.1 Å². The van der Waals surface area contributed by atoms with Gasteiger partial charge in [0.15, 0.2) is 0 Å². The van der Waals surface area contributed by atoms with Crippen LogP contribution in [0.2, 0.25) is 0 Å². The van der Waals surface area contributed by atoms with E-state index < -0.39 is 17.8 Å². The Morgan fingerprint density at radius 2 is 1.88 bits per heavy atom. The Balaban J connectivity index is 1.23. The third-order valence-electron chi connectivity index (χ3n) is 9.94. The minimum absolute atomic E-state index is 0.0410. The lowest BCUT2D eigenvalue weighted by atomic mass is 9.69. The summed E-state index contributed by atoms with van der Waals surface area (Å²) in [5, 5.41) is 25.5. The highest BCUT2D eigenvalue weighted by atomic mass is 16.5. The maximum atomic E-state index is 12.5. The van der Waals surface area contributed by atoms with Crippen LogP contribution in [0, 0.1) is 23.2 Å². The molecular weight excluding hydrogens is 546 g/mol. The summed E-state index contributed by atoms with van der Waals surface area (Å²) < 4.78 is 16.3. The van der Waals surface area contributed by atoms with Crippen LogP contribution in [0.3, 0.4) is 0 Å². The van der Waals surface area contributed by atoms with Gasteiger partial charge in [0.2, 0.25) is 0 Å². The van der Waals surface area contributed by atoms with Crippen molar-refractivity contribution in [3.63, 3.8) is 0 Å². The molecule has 8 heteroatoms. The van der Waals surface area contributed by atoms with Crippen molar-refractivity contribution in [3.8, 4) is 0 Å². The minimum Gasteiger partial charge on any atom is -0.465 e. The van der Waals surface area contributed by atoms with Gasteiger partial charge >= 0.3 is 12.1 Å². The molecule has 0 saturated heterocycles. The summed E-state index contributed by atoms with van der Waals surface area (Å²) in [4.78, 5) is 24.4. The van der Waals surface area contributed by atoms with Crippen LogP contribution in [0.25, 0.3) is 0 Å². The van der Waals surface area contributed by atoms with E-state index in [0.29, 0.717) is 38.8 Å². The number of fused-ring (bicyclic) bond motifs is 2. The first-order valence-corrected chi connectivity index (χ1v) is 16.0. The minimum atomic E-state index is -0.982. The number of esters is 1. The molecule has 0 heterocycles. The highest BCUT2D eigenvalue weighted by Crippen LogP contribution is 2.55. The number of carbonyl (C=O) groups excluding carboxylic acids is 2. The van der Waals surface area contributed by atoms with Crippen molar-refractivity contribution in [1.29, 1.82) is 0 Å². The molecule has 3 aliphatic rings. The zero-order valence-corrected chi connectivity index (χ0v) is 26.4. The summed E-state index contributed by atoms with van der Waals surface area (Å²) in [5.74, 6) is 0.0456. The number of carbonyl (C=O) groups is 2. The van der Waals surface area contributed by atoms with Crippen LogP contribution >= 0.6 is 0 Å². The average molecular weight is 598 g/mol. The van der Waals surface area contributed by atoms with Gasteiger partial charge in [-0.3, -0.25) is 4.79 Å². The molecule has 0 radical (unpaired) electrons. The van der Waals surface area contributed by atoms with Gasteiger partial charge in [0.1, 0.15) is 12.2 Å². The number of aliphatic hydroxyl groups excluding tert-OH is 1. The van der Waals surface area contributed by atoms with Gasteiger partial charge in [0.25, 0.3) is 0 Å². The molecule has 1 saturated carbocycles. The molecule has 1 fully saturated rings. The number of hydrogen-bond donors (Lipinski definition) is 3. The summed E-state index contributed by atoms with van der Waals surface area (Å²) in [5.41, 5.74) is 3.26. The lowest BCUT2D eigenvalue weighted by molar-refractivity contribution is -0.144. The van der Waals surface area contributed by atoms with Crippen molar-refractivity contribution in [2.75, 3.05) is 26.9 Å². The average Bonchev–Trinajstić information content (AvgIpc) is 3.47. The second kappa shape index (κ2) is 14.9. The Morgan fingerprint density at radius 1 is 1.12 bits per heavy atom. The molecule has 0 bridgehead atoms. The number of benzene rings is 1. The van der Waals surface area contributed by atoms with Gasteiger partial charge < -0.3 is 29.7 Å². The molecule has 1 aromatic carbocycles. The van der Waals surface area contributed by atoms with Crippen molar-refractivity contribution in [1.82, 2.24) is 5.32 Å². The van der Waals surface area contributed by atoms with Gasteiger partial charge in [-0.2, -0.15) is 0 Å². The monoisotopic (exact) mass is 597 g/mol. The quantitative estimate of drug-likeness (QED) is 0.148. The summed E-state index contributed by atoms with van der Waals surface area (Å²) >= 11 is 0. The van der Waals surface area contributed by atoms with Gasteiger partial charge in [0.05, 0.1) is 19.3 Å². The maximum Gasteiger partial charge on any atom is 0.407 e. The largest absolute Gasteiger partial charge is 0.465 e. The SMILES string of the molecule is COC[C@@]1(O)CCC2/C1=C\C1(C)CCC(C(C)COC(=O)CCCCCNC(=O)OCc3ccccc3)=C1C[C@H](O)C2C. The predicted molar refractivity (Wildman–Crippen MR) is 165 cm³/mol. The lowest BCUT2D eigenvalue weighted by Crippen LogP contribution is -2.38. The van der Waals surface area contributed by atoms with E-state index in [1.807, 2.05) is 30.3 Å². The van der Waals surface area contributed by atoms with E-state index in [2.05, 4.69) is 32.2 Å². The van der Waals surface area contributed by atoms with Crippen molar-refractivity contribution in [3.05, 3.63) is 58.7 Å². The third kappa shape index (κ3) is 8.28. The Morgan fingerprint density at radius 3 is 2.63 bits per heavy atom. The fourth-order valence-corrected chi connectivity index (χ4v) is 7.28. The summed E-state index contributed by atoms with van der Waals surface area (Å²) in [6.45, 7) is 7.75. The van der Waals surface area contributed by atoms with Gasteiger partial charge in [-0.1, -0.05) is 74.7 Å². The first-order valence-electron chi connectivity index (χ1n) is 16.0. The van der Waals surface area contributed by atoms with E-state index in [-0.39, 0.29) is 42.4 Å². The Bertz CT molecular complexity index is 1160. The molecule has 8 nitrogen and oxygen atoms in total. The third-order valence-corrected chi connectivity index (χ3v) is 9.94. The Labute approximate surface area is 256 Å². The number of nitrogens with one attached hydrogen (secondary N) is 1. The highest BCUT2D eigenvalue weighted by molar-refractivity contribution is 5.69. The molecule has 1 amide bonds. The predicted octanol–water partition coefficient (Wildman–Crippen LogP) is 5.86. The van der Waals surface area contributed by atoms with E-state index >= 15 is 0 Å². The van der Waals surface area contributed by atoms with Crippen LogP contribution in [0.4, 0.5) is 4.79 Å². The van der Waals surface area contributed by atoms with Crippen molar-refractivity contribution in [2.24, 2.45) is 23.2 Å². The Hall–Kier alpha value is -2.68. The van der Waals surface area contributed by atoms with E-state index in [1.54, 1.807) is 7.11 Å². The molecular formula is C35H51NO7. The lowest BCUT2D eigenvalue weighted by Gasteiger charge is -2.38. The first kappa shape index (κ1) is 33.2. The highest BCUT2D eigenvalue weighted by Gasteiger charge is 2.50. The van der Waals surface area contributed by atoms with Crippen LogP contribution in [0.15, 0.2) is 53.1 Å². The molecule has 43 heavy (non-hydrogen) atoms. The van der Waals surface area contributed by atoms with Gasteiger partial charge in [0, 0.05) is 31.4 Å². The number of methoxy groups -OCH3 is 1. The molecule has 1 aromatic rings. The van der Waals surface area contributed by atoms with Crippen molar-refractivity contribution in [2.45, 2.75) is 96.9 Å². The molecule has 0 aromatic heterocycles. The zero-order valence-electron chi connectivity index (χ0n) is 26.4. The fourth-order valence-electron chi connectivity index (χ4n) is 7.28. The number of amides is 1. The number of ether oxygens (including phenoxy) is 3. The van der Waals surface area contributed by atoms with E-state index in [9.17, 15) is 19.8 Å². The first-order chi connectivity index (χ1) is 20.6. The fraction of sp³-hybridized carbons (Fsp3) is 0.657. The summed E-state index contributed by atoms with van der Waals surface area (Å²) in [6, 6.07) is 9.54. The number of unbranched alkanes of at least 4 members (excludes halogenated alkanes) is 2. The topological polar surface area (TPSA) is 114 Å². The van der Waals surface area contributed by atoms with Crippen LogP contribution in [0.1, 0.15) is 84.1 Å². The van der Waals surface area contributed by atoms with Crippen LogP contribution in [-0.2, 0) is 25.6 Å². The van der Waals surface area contributed by atoms with Crippen molar-refractivity contribution < 1.29 is 34.0 Å². The summed E-state index contributed by atoms with van der Waals surface area (Å²) in [7, 11) is 1.63. The van der Waals surface area contributed by atoms with Crippen LogP contribution in [0.5, 0.6) is 0 Å². The molecule has 0 aliphatic heterocycles. The van der Waals surface area contributed by atoms with Gasteiger partial charge in [-0.05, 0) is 67.9 Å². The number of aliphatic hydroxyl groups is 2. The van der Waals surface area contributed by atoms with Gasteiger partial charge in [-0.25, -0.2) is 4.79 Å². The normalized spacial score (nSPS) is 30.4. The smallest absolute Gasteiger partial charge is 0.407 e. The zero-order chi connectivity index (χ0) is 31.0. The number of alkyl carbamates (subject to hydrolysis) is 1. The molecule has 3 aliphatic carbocycles. The molecule has 6 atom stereocenters. The van der Waals surface area contributed by atoms with Crippen LogP contribution in [-0.4, -0.2) is 60.8 Å². The van der Waals surface area contributed by atoms with E-state index in [4.69, 9.17) is 14.2 Å².